The first kappa shape index (κ1) is 23.5. The first-order valence-electron chi connectivity index (χ1n) is 9.75. The minimum absolute atomic E-state index is 0.0180. The Morgan fingerprint density at radius 3 is 2.36 bits per heavy atom. The van der Waals surface area contributed by atoms with Crippen LogP contribution in [0.3, 0.4) is 0 Å². The highest BCUT2D eigenvalue weighted by Crippen LogP contribution is 2.38. The molecule has 0 spiro atoms. The zero-order valence-electron chi connectivity index (χ0n) is 17.9. The van der Waals surface area contributed by atoms with Gasteiger partial charge in [-0.05, 0) is 31.5 Å². The Kier molecular flexibility index (Phi) is 6.80. The Labute approximate surface area is 187 Å². The van der Waals surface area contributed by atoms with E-state index in [1.807, 2.05) is 0 Å². The van der Waals surface area contributed by atoms with Gasteiger partial charge in [-0.3, -0.25) is 14.9 Å². The van der Waals surface area contributed by atoms with Crippen LogP contribution in [0.15, 0.2) is 58.7 Å². The molecule has 0 saturated heterocycles. The van der Waals surface area contributed by atoms with E-state index in [0.717, 1.165) is 29.2 Å². The molecule has 11 heteroatoms. The summed E-state index contributed by atoms with van der Waals surface area (Å²) in [7, 11) is 1.23. The maximum atomic E-state index is 14.8. The van der Waals surface area contributed by atoms with E-state index < -0.39 is 34.5 Å². The molecule has 1 heterocycles. The molecule has 3 rings (SSSR count). The van der Waals surface area contributed by atoms with Crippen molar-refractivity contribution in [3.63, 3.8) is 0 Å². The minimum atomic E-state index is -1.35. The van der Waals surface area contributed by atoms with Crippen molar-refractivity contribution in [1.82, 2.24) is 4.90 Å². The molecule has 0 saturated carbocycles. The lowest BCUT2D eigenvalue weighted by Gasteiger charge is -2.35. The molecule has 2 aromatic rings. The molecule has 0 N–H and O–H groups in total. The molecule has 0 aromatic heterocycles. The molecule has 1 aliphatic heterocycles. The first-order chi connectivity index (χ1) is 15.7. The number of Topliss-reactive ketones (excluding diaryl/α,β-unsaturated/α-hetero) is 1. The second-order valence-electron chi connectivity index (χ2n) is 6.93. The average Bonchev–Trinajstić information content (AvgIpc) is 2.77. The zero-order valence-corrected chi connectivity index (χ0v) is 17.9. The van der Waals surface area contributed by atoms with E-state index in [2.05, 4.69) is 4.99 Å². The number of amides is 1. The number of hydrogen-bond donors (Lipinski definition) is 0. The number of non-ortho nitro benzene ring substituents is 1. The number of ketones is 1. The molecule has 0 radical (unpaired) electrons. The molecule has 2 aromatic carbocycles. The molecule has 9 nitrogen and oxygen atoms in total. The number of carbonyl (C=O) groups is 2. The number of rotatable bonds is 5. The van der Waals surface area contributed by atoms with E-state index in [0.29, 0.717) is 6.07 Å². The fraction of sp³-hybridized carbons (Fsp3) is 0.227. The number of ether oxygens (including phenoxy) is 2. The molecular weight excluding hydrogens is 440 g/mol. The van der Waals surface area contributed by atoms with E-state index in [1.54, 1.807) is 6.92 Å². The summed E-state index contributed by atoms with van der Waals surface area (Å²) in [5, 5.41) is 10.8. The van der Waals surface area contributed by atoms with Gasteiger partial charge in [0, 0.05) is 29.3 Å². The fourth-order valence-corrected chi connectivity index (χ4v) is 3.42. The van der Waals surface area contributed by atoms with E-state index in [1.165, 1.54) is 26.2 Å². The van der Waals surface area contributed by atoms with Gasteiger partial charge >= 0.3 is 12.1 Å². The minimum Gasteiger partial charge on any atom is -0.468 e. The number of carbonyl (C=O) groups excluding carboxylic acids is 2. The summed E-state index contributed by atoms with van der Waals surface area (Å²) in [5.41, 5.74) is -0.0953. The molecule has 0 bridgehead atoms. The summed E-state index contributed by atoms with van der Waals surface area (Å²) in [6, 6.07) is 5.82. The highest BCUT2D eigenvalue weighted by atomic mass is 19.1. The lowest BCUT2D eigenvalue weighted by atomic mass is 9.91. The van der Waals surface area contributed by atoms with Crippen LogP contribution in [0, 0.1) is 21.7 Å². The maximum absolute atomic E-state index is 14.8. The molecule has 1 aliphatic rings. The Hall–Kier alpha value is -4.15. The molecule has 172 valence electrons. The number of aliphatic imine (C=N–C) groups is 1. The Balaban J connectivity index is 2.11. The summed E-state index contributed by atoms with van der Waals surface area (Å²) in [4.78, 5) is 41.0. The van der Waals surface area contributed by atoms with Gasteiger partial charge in [0.15, 0.2) is 5.78 Å². The molecule has 0 aliphatic carbocycles. The van der Waals surface area contributed by atoms with Crippen molar-refractivity contribution in [2.75, 3.05) is 7.11 Å². The van der Waals surface area contributed by atoms with Gasteiger partial charge < -0.3 is 9.47 Å². The third kappa shape index (κ3) is 4.71. The standard InChI is InChI=1S/C22H19F2N3O6/c1-4-18-19(12(2)28)20(16-10-5-13(23)11-17(16)24)26(21(25-18)32-3)22(29)33-15-8-6-14(7-9-15)27(30)31/h5-11,20H,4H2,1-3H3. The van der Waals surface area contributed by atoms with Crippen LogP contribution < -0.4 is 4.74 Å². The van der Waals surface area contributed by atoms with Gasteiger partial charge in [-0.25, -0.2) is 23.5 Å². The van der Waals surface area contributed by atoms with Crippen LogP contribution in [-0.2, 0) is 9.53 Å². The Bertz CT molecular complexity index is 1180. The van der Waals surface area contributed by atoms with Crippen LogP contribution in [0.5, 0.6) is 5.75 Å². The van der Waals surface area contributed by atoms with Gasteiger partial charge in [0.1, 0.15) is 23.4 Å². The summed E-state index contributed by atoms with van der Waals surface area (Å²) >= 11 is 0. The van der Waals surface area contributed by atoms with Crippen molar-refractivity contribution in [3.8, 4) is 5.75 Å². The van der Waals surface area contributed by atoms with Crippen LogP contribution in [0.25, 0.3) is 0 Å². The lowest BCUT2D eigenvalue weighted by molar-refractivity contribution is -0.384. The number of allylic oxidation sites excluding steroid dienone is 1. The van der Waals surface area contributed by atoms with Crippen molar-refractivity contribution in [1.29, 1.82) is 0 Å². The summed E-state index contributed by atoms with van der Waals surface area (Å²) < 4.78 is 38.9. The summed E-state index contributed by atoms with van der Waals surface area (Å²) in [5.74, 6) is -2.35. The normalized spacial score (nSPS) is 15.7. The number of methoxy groups -OCH3 is 1. The Morgan fingerprint density at radius 1 is 1.18 bits per heavy atom. The number of halogens is 2. The van der Waals surface area contributed by atoms with E-state index in [4.69, 9.17) is 9.47 Å². The molecule has 1 amide bonds. The van der Waals surface area contributed by atoms with Crippen LogP contribution in [0.2, 0.25) is 0 Å². The average molecular weight is 459 g/mol. The van der Waals surface area contributed by atoms with E-state index in [9.17, 15) is 28.5 Å². The smallest absolute Gasteiger partial charge is 0.424 e. The van der Waals surface area contributed by atoms with Crippen molar-refractivity contribution in [2.24, 2.45) is 4.99 Å². The predicted molar refractivity (Wildman–Crippen MR) is 113 cm³/mol. The van der Waals surface area contributed by atoms with E-state index >= 15 is 0 Å². The second kappa shape index (κ2) is 9.55. The second-order valence-corrected chi connectivity index (χ2v) is 6.93. The van der Waals surface area contributed by atoms with Gasteiger partial charge in [-0.15, -0.1) is 0 Å². The quantitative estimate of drug-likeness (QED) is 0.474. The fourth-order valence-electron chi connectivity index (χ4n) is 3.42. The third-order valence-corrected chi connectivity index (χ3v) is 4.88. The first-order valence-corrected chi connectivity index (χ1v) is 9.75. The lowest BCUT2D eigenvalue weighted by Crippen LogP contribution is -2.46. The number of amidine groups is 1. The maximum Gasteiger partial charge on any atom is 0.424 e. The third-order valence-electron chi connectivity index (χ3n) is 4.88. The highest BCUT2D eigenvalue weighted by molar-refractivity contribution is 6.02. The largest absolute Gasteiger partial charge is 0.468 e. The topological polar surface area (TPSA) is 111 Å². The highest BCUT2D eigenvalue weighted by Gasteiger charge is 2.42. The van der Waals surface area contributed by atoms with E-state index in [-0.39, 0.29) is 40.7 Å². The number of nitro groups is 1. The van der Waals surface area contributed by atoms with Crippen LogP contribution in [0.4, 0.5) is 19.3 Å². The van der Waals surface area contributed by atoms with Crippen molar-refractivity contribution >= 4 is 23.6 Å². The number of nitro benzene ring substituents is 1. The number of benzene rings is 2. The SMILES string of the molecule is CCC1=C(C(C)=O)C(c2ccc(F)cc2F)N(C(=O)Oc2ccc([N+](=O)[O-])cc2)C(OC)=N1. The van der Waals surface area contributed by atoms with Gasteiger partial charge in [0.2, 0.25) is 0 Å². The van der Waals surface area contributed by atoms with Gasteiger partial charge in [-0.1, -0.05) is 13.0 Å². The van der Waals surface area contributed by atoms with Gasteiger partial charge in [-0.2, -0.15) is 0 Å². The van der Waals surface area contributed by atoms with Crippen molar-refractivity contribution < 1.29 is 32.8 Å². The zero-order chi connectivity index (χ0) is 24.3. The molecule has 0 fully saturated rings. The summed E-state index contributed by atoms with van der Waals surface area (Å²) in [6.45, 7) is 2.96. The van der Waals surface area contributed by atoms with Gasteiger partial charge in [0.25, 0.3) is 5.69 Å². The molecular formula is C22H19F2N3O6. The van der Waals surface area contributed by atoms with Crippen molar-refractivity contribution in [3.05, 3.63) is 81.0 Å². The number of hydrogen-bond acceptors (Lipinski definition) is 7. The van der Waals surface area contributed by atoms with Crippen LogP contribution >= 0.6 is 0 Å². The summed E-state index contributed by atoms with van der Waals surface area (Å²) in [6.07, 6.45) is -0.820. The predicted octanol–water partition coefficient (Wildman–Crippen LogP) is 4.68. The molecule has 33 heavy (non-hydrogen) atoms. The Morgan fingerprint density at radius 2 is 1.85 bits per heavy atom. The van der Waals surface area contributed by atoms with Crippen molar-refractivity contribution in [2.45, 2.75) is 26.3 Å². The van der Waals surface area contributed by atoms with Gasteiger partial charge in [0.05, 0.1) is 17.7 Å². The van der Waals surface area contributed by atoms with Crippen LogP contribution in [-0.4, -0.2) is 34.8 Å². The molecule has 1 unspecified atom stereocenters. The van der Waals surface area contributed by atoms with Crippen LogP contribution in [0.1, 0.15) is 31.9 Å². The molecule has 1 atom stereocenters. The number of nitrogens with zero attached hydrogens (tertiary/aromatic N) is 3. The monoisotopic (exact) mass is 459 g/mol.